The third kappa shape index (κ3) is 8.71. The lowest BCUT2D eigenvalue weighted by molar-refractivity contribution is -0.143. The number of carboxylic acids is 1. The van der Waals surface area contributed by atoms with Crippen LogP contribution < -0.4 is 5.32 Å². The fourth-order valence-electron chi connectivity index (χ4n) is 2.14. The van der Waals surface area contributed by atoms with Crippen LogP contribution in [-0.2, 0) is 9.59 Å². The molecule has 0 aromatic carbocycles. The van der Waals surface area contributed by atoms with Crippen molar-refractivity contribution in [3.05, 3.63) is 0 Å². The van der Waals surface area contributed by atoms with Crippen LogP contribution in [0.5, 0.6) is 0 Å². The summed E-state index contributed by atoms with van der Waals surface area (Å²) in [5.41, 5.74) is 0. The van der Waals surface area contributed by atoms with E-state index >= 15 is 0 Å². The summed E-state index contributed by atoms with van der Waals surface area (Å²) in [5, 5.41) is 11.9. The lowest BCUT2D eigenvalue weighted by atomic mass is 9.99. The molecule has 2 unspecified atom stereocenters. The first-order chi connectivity index (χ1) is 9.96. The van der Waals surface area contributed by atoms with Crippen molar-refractivity contribution in [1.29, 1.82) is 0 Å². The minimum absolute atomic E-state index is 0.0637. The molecule has 5 heteroatoms. The van der Waals surface area contributed by atoms with Crippen molar-refractivity contribution in [3.63, 3.8) is 0 Å². The number of unbranched alkanes of at least 4 members (excludes halogenated alkanes) is 2. The van der Waals surface area contributed by atoms with Gasteiger partial charge in [0.2, 0.25) is 5.91 Å². The highest BCUT2D eigenvalue weighted by Gasteiger charge is 2.25. The fourth-order valence-corrected chi connectivity index (χ4v) is 2.14. The Balaban J connectivity index is 4.47. The van der Waals surface area contributed by atoms with E-state index in [2.05, 4.69) is 24.1 Å². The molecule has 0 bridgehead atoms. The van der Waals surface area contributed by atoms with Gasteiger partial charge in [0, 0.05) is 0 Å². The maximum Gasteiger partial charge on any atom is 0.326 e. The first-order valence-corrected chi connectivity index (χ1v) is 8.20. The van der Waals surface area contributed by atoms with Gasteiger partial charge in [-0.25, -0.2) is 4.79 Å². The topological polar surface area (TPSA) is 69.6 Å². The quantitative estimate of drug-likeness (QED) is 0.581. The van der Waals surface area contributed by atoms with Crippen LogP contribution >= 0.6 is 0 Å². The summed E-state index contributed by atoms with van der Waals surface area (Å²) in [6.45, 7) is 10.1. The van der Waals surface area contributed by atoms with Gasteiger partial charge in [0.15, 0.2) is 0 Å². The number of hydrogen-bond acceptors (Lipinski definition) is 3. The average molecular weight is 300 g/mol. The number of rotatable bonds is 12. The minimum Gasteiger partial charge on any atom is -0.480 e. The van der Waals surface area contributed by atoms with Gasteiger partial charge in [-0.2, -0.15) is 0 Å². The zero-order valence-corrected chi connectivity index (χ0v) is 14.0. The van der Waals surface area contributed by atoms with Crippen LogP contribution in [0.3, 0.4) is 0 Å². The number of carboxylic acid groups (broad SMARTS) is 1. The maximum atomic E-state index is 12.1. The molecule has 0 aliphatic rings. The molecule has 0 aromatic rings. The van der Waals surface area contributed by atoms with E-state index in [1.165, 1.54) is 0 Å². The third-order valence-corrected chi connectivity index (χ3v) is 3.82. The van der Waals surface area contributed by atoms with E-state index in [0.717, 1.165) is 45.2 Å². The summed E-state index contributed by atoms with van der Waals surface area (Å²) in [6.07, 6.45) is 5.03. The van der Waals surface area contributed by atoms with E-state index in [4.69, 9.17) is 0 Å². The number of aliphatic carboxylic acids is 1. The zero-order chi connectivity index (χ0) is 16.3. The molecule has 0 saturated carbocycles. The van der Waals surface area contributed by atoms with Crippen molar-refractivity contribution in [2.75, 3.05) is 19.6 Å². The van der Waals surface area contributed by atoms with Crippen LogP contribution in [0.25, 0.3) is 0 Å². The molecule has 0 radical (unpaired) electrons. The molecule has 0 saturated heterocycles. The Morgan fingerprint density at radius 2 is 1.62 bits per heavy atom. The molecule has 0 spiro atoms. The molecule has 0 rings (SSSR count). The molecular formula is C16H32N2O3. The van der Waals surface area contributed by atoms with E-state index in [9.17, 15) is 14.7 Å². The molecular weight excluding hydrogens is 268 g/mol. The molecule has 2 atom stereocenters. The molecule has 1 amide bonds. The number of nitrogens with zero attached hydrogens (tertiary/aromatic N) is 1. The molecule has 0 aliphatic carbocycles. The first-order valence-electron chi connectivity index (χ1n) is 8.20. The van der Waals surface area contributed by atoms with Gasteiger partial charge in [0.05, 0.1) is 6.54 Å². The highest BCUT2D eigenvalue weighted by molar-refractivity contribution is 5.84. The smallest absolute Gasteiger partial charge is 0.326 e. The molecule has 21 heavy (non-hydrogen) atoms. The van der Waals surface area contributed by atoms with Crippen molar-refractivity contribution in [2.24, 2.45) is 5.92 Å². The normalized spacial score (nSPS) is 14.0. The Labute approximate surface area is 129 Å². The second kappa shape index (κ2) is 11.5. The van der Waals surface area contributed by atoms with Crippen molar-refractivity contribution in [3.8, 4) is 0 Å². The predicted octanol–water partition coefficient (Wildman–Crippen LogP) is 2.50. The van der Waals surface area contributed by atoms with Gasteiger partial charge in [-0.1, -0.05) is 47.0 Å². The Morgan fingerprint density at radius 3 is 2.00 bits per heavy atom. The van der Waals surface area contributed by atoms with Crippen LogP contribution in [-0.4, -0.2) is 47.6 Å². The monoisotopic (exact) mass is 300 g/mol. The number of carbonyl (C=O) groups excluding carboxylic acids is 1. The molecule has 124 valence electrons. The SMILES string of the molecule is CCCCN(CCCC)CC(=O)NC(C(=O)O)C(C)CC. The van der Waals surface area contributed by atoms with Gasteiger partial charge in [-0.3, -0.25) is 9.69 Å². The summed E-state index contributed by atoms with van der Waals surface area (Å²) >= 11 is 0. The second-order valence-electron chi connectivity index (χ2n) is 5.75. The average Bonchev–Trinajstić information content (AvgIpc) is 2.46. The Morgan fingerprint density at radius 1 is 1.10 bits per heavy atom. The summed E-state index contributed by atoms with van der Waals surface area (Å²) in [7, 11) is 0. The van der Waals surface area contributed by atoms with E-state index in [1.54, 1.807) is 0 Å². The fraction of sp³-hybridized carbons (Fsp3) is 0.875. The first kappa shape index (κ1) is 19.9. The van der Waals surface area contributed by atoms with Crippen molar-refractivity contribution < 1.29 is 14.7 Å². The Kier molecular flexibility index (Phi) is 10.9. The van der Waals surface area contributed by atoms with Crippen LogP contribution in [0, 0.1) is 5.92 Å². The van der Waals surface area contributed by atoms with Crippen LogP contribution in [0.15, 0.2) is 0 Å². The molecule has 2 N–H and O–H groups in total. The van der Waals surface area contributed by atoms with Gasteiger partial charge in [-0.05, 0) is 31.8 Å². The summed E-state index contributed by atoms with van der Waals surface area (Å²) in [6, 6.07) is -0.790. The largest absolute Gasteiger partial charge is 0.480 e. The van der Waals surface area contributed by atoms with Gasteiger partial charge in [0.1, 0.15) is 6.04 Å². The van der Waals surface area contributed by atoms with E-state index in [-0.39, 0.29) is 11.8 Å². The van der Waals surface area contributed by atoms with Crippen LogP contribution in [0.2, 0.25) is 0 Å². The molecule has 5 nitrogen and oxygen atoms in total. The maximum absolute atomic E-state index is 12.1. The van der Waals surface area contributed by atoms with Gasteiger partial charge in [0.25, 0.3) is 0 Å². The Hall–Kier alpha value is -1.10. The second-order valence-corrected chi connectivity index (χ2v) is 5.75. The van der Waals surface area contributed by atoms with Gasteiger partial charge in [-0.15, -0.1) is 0 Å². The summed E-state index contributed by atoms with van der Waals surface area (Å²) < 4.78 is 0. The van der Waals surface area contributed by atoms with Crippen LogP contribution in [0.1, 0.15) is 59.8 Å². The number of nitrogens with one attached hydrogen (secondary N) is 1. The molecule has 0 heterocycles. The highest BCUT2D eigenvalue weighted by Crippen LogP contribution is 2.08. The van der Waals surface area contributed by atoms with Crippen molar-refractivity contribution >= 4 is 11.9 Å². The van der Waals surface area contributed by atoms with Crippen LogP contribution in [0.4, 0.5) is 0 Å². The minimum atomic E-state index is -0.952. The lowest BCUT2D eigenvalue weighted by Crippen LogP contribution is -2.48. The van der Waals surface area contributed by atoms with Crippen molar-refractivity contribution in [2.45, 2.75) is 65.8 Å². The lowest BCUT2D eigenvalue weighted by Gasteiger charge is -2.24. The Bertz CT molecular complexity index is 300. The standard InChI is InChI=1S/C16H32N2O3/c1-5-8-10-18(11-9-6-2)12-14(19)17-15(16(20)21)13(4)7-3/h13,15H,5-12H2,1-4H3,(H,17,19)(H,20,21). The predicted molar refractivity (Wildman–Crippen MR) is 85.3 cm³/mol. The summed E-state index contributed by atoms with van der Waals surface area (Å²) in [4.78, 5) is 25.5. The molecule has 0 aromatic heterocycles. The number of amides is 1. The third-order valence-electron chi connectivity index (χ3n) is 3.82. The van der Waals surface area contributed by atoms with Gasteiger partial charge >= 0.3 is 5.97 Å². The zero-order valence-electron chi connectivity index (χ0n) is 14.0. The highest BCUT2D eigenvalue weighted by atomic mass is 16.4. The molecule has 0 aliphatic heterocycles. The van der Waals surface area contributed by atoms with E-state index in [1.807, 2.05) is 13.8 Å². The van der Waals surface area contributed by atoms with Gasteiger partial charge < -0.3 is 10.4 Å². The van der Waals surface area contributed by atoms with E-state index < -0.39 is 12.0 Å². The summed E-state index contributed by atoms with van der Waals surface area (Å²) in [5.74, 6) is -1.20. The number of carbonyl (C=O) groups is 2. The molecule has 0 fully saturated rings. The van der Waals surface area contributed by atoms with E-state index in [0.29, 0.717) is 6.54 Å². The van der Waals surface area contributed by atoms with Crippen molar-refractivity contribution in [1.82, 2.24) is 10.2 Å². The number of hydrogen-bond donors (Lipinski definition) is 2.